The van der Waals surface area contributed by atoms with Crippen molar-refractivity contribution in [3.05, 3.63) is 46.2 Å². The fourth-order valence-electron chi connectivity index (χ4n) is 1.92. The van der Waals surface area contributed by atoms with Crippen LogP contribution in [0.2, 0.25) is 10.3 Å². The molecule has 102 valence electrons. The molecule has 2 heterocycles. The van der Waals surface area contributed by atoms with Crippen LogP contribution in [0.15, 0.2) is 24.3 Å². The van der Waals surface area contributed by atoms with Gasteiger partial charge in [0.05, 0.1) is 5.56 Å². The molecular formula is C13H9Cl2FN4. The molecule has 0 radical (unpaired) electrons. The number of aromatic nitrogens is 4. The molecule has 3 aromatic rings. The first kappa shape index (κ1) is 13.3. The number of halogens is 3. The summed E-state index contributed by atoms with van der Waals surface area (Å²) in [5.74, 6) is 0.478. The zero-order chi connectivity index (χ0) is 14.3. The van der Waals surface area contributed by atoms with Crippen LogP contribution in [-0.2, 0) is 6.42 Å². The SMILES string of the molecule is CCc1nc2nc(Cl)c(-c3ccccc3F)c(Cl)n2n1. The monoisotopic (exact) mass is 310 g/mol. The third kappa shape index (κ3) is 2.03. The standard InChI is InChI=1S/C13H9Cl2FN4/c1-2-9-17-13-18-11(14)10(12(15)20(13)19-9)7-5-3-4-6-8(7)16/h3-6H,2H2,1H3. The Morgan fingerprint density at radius 3 is 2.65 bits per heavy atom. The molecular weight excluding hydrogens is 302 g/mol. The van der Waals surface area contributed by atoms with Crippen LogP contribution >= 0.6 is 23.2 Å². The van der Waals surface area contributed by atoms with Crippen LogP contribution in [0.25, 0.3) is 16.9 Å². The fourth-order valence-corrected chi connectivity index (χ4v) is 2.54. The Morgan fingerprint density at radius 2 is 1.95 bits per heavy atom. The summed E-state index contributed by atoms with van der Waals surface area (Å²) in [7, 11) is 0. The van der Waals surface area contributed by atoms with E-state index in [-0.39, 0.29) is 15.9 Å². The van der Waals surface area contributed by atoms with Gasteiger partial charge in [-0.3, -0.25) is 0 Å². The average molecular weight is 311 g/mol. The van der Waals surface area contributed by atoms with Gasteiger partial charge in [0, 0.05) is 12.0 Å². The van der Waals surface area contributed by atoms with Gasteiger partial charge in [0.1, 0.15) is 16.1 Å². The van der Waals surface area contributed by atoms with Gasteiger partial charge in [-0.1, -0.05) is 48.3 Å². The number of benzene rings is 1. The Hall–Kier alpha value is -1.72. The van der Waals surface area contributed by atoms with Gasteiger partial charge in [-0.05, 0) is 6.07 Å². The maximum Gasteiger partial charge on any atom is 0.255 e. The fraction of sp³-hybridized carbons (Fsp3) is 0.154. The lowest BCUT2D eigenvalue weighted by Gasteiger charge is -2.08. The molecule has 0 spiro atoms. The highest BCUT2D eigenvalue weighted by Gasteiger charge is 2.19. The minimum Gasteiger partial charge on any atom is -0.206 e. The maximum absolute atomic E-state index is 13.9. The van der Waals surface area contributed by atoms with Gasteiger partial charge in [-0.25, -0.2) is 4.39 Å². The van der Waals surface area contributed by atoms with E-state index in [1.165, 1.54) is 10.6 Å². The second-order valence-corrected chi connectivity index (χ2v) is 4.86. The van der Waals surface area contributed by atoms with Crippen molar-refractivity contribution in [3.8, 4) is 11.1 Å². The first-order valence-corrected chi connectivity index (χ1v) is 6.73. The lowest BCUT2D eigenvalue weighted by molar-refractivity contribution is 0.631. The zero-order valence-electron chi connectivity index (χ0n) is 10.4. The molecule has 0 bridgehead atoms. The molecule has 0 unspecified atom stereocenters. The summed E-state index contributed by atoms with van der Waals surface area (Å²) in [6.07, 6.45) is 0.645. The van der Waals surface area contributed by atoms with E-state index in [1.807, 2.05) is 6.92 Å². The van der Waals surface area contributed by atoms with Crippen LogP contribution in [0, 0.1) is 5.82 Å². The first-order chi connectivity index (χ1) is 9.61. The highest BCUT2D eigenvalue weighted by atomic mass is 35.5. The number of hydrogen-bond acceptors (Lipinski definition) is 3. The van der Waals surface area contributed by atoms with Gasteiger partial charge in [0.15, 0.2) is 5.82 Å². The molecule has 0 amide bonds. The molecule has 0 aliphatic heterocycles. The van der Waals surface area contributed by atoms with Crippen molar-refractivity contribution in [2.24, 2.45) is 0 Å². The van der Waals surface area contributed by atoms with Crippen molar-refractivity contribution in [3.63, 3.8) is 0 Å². The molecule has 7 heteroatoms. The van der Waals surface area contributed by atoms with Crippen molar-refractivity contribution < 1.29 is 4.39 Å². The largest absolute Gasteiger partial charge is 0.255 e. The van der Waals surface area contributed by atoms with Crippen molar-refractivity contribution in [2.75, 3.05) is 0 Å². The van der Waals surface area contributed by atoms with E-state index in [1.54, 1.807) is 18.2 Å². The lowest BCUT2D eigenvalue weighted by Crippen LogP contribution is -1.98. The predicted octanol–water partition coefficient (Wildman–Crippen LogP) is 3.80. The van der Waals surface area contributed by atoms with Gasteiger partial charge < -0.3 is 0 Å². The van der Waals surface area contributed by atoms with Crippen LogP contribution in [0.4, 0.5) is 4.39 Å². The molecule has 0 atom stereocenters. The quantitative estimate of drug-likeness (QED) is 0.676. The summed E-state index contributed by atoms with van der Waals surface area (Å²) >= 11 is 12.4. The van der Waals surface area contributed by atoms with E-state index >= 15 is 0 Å². The topological polar surface area (TPSA) is 43.1 Å². The molecule has 20 heavy (non-hydrogen) atoms. The van der Waals surface area contributed by atoms with E-state index in [0.29, 0.717) is 23.6 Å². The van der Waals surface area contributed by atoms with Crippen LogP contribution in [-0.4, -0.2) is 19.6 Å². The van der Waals surface area contributed by atoms with Crippen LogP contribution < -0.4 is 0 Å². The first-order valence-electron chi connectivity index (χ1n) is 5.97. The van der Waals surface area contributed by atoms with Gasteiger partial charge in [0.2, 0.25) is 0 Å². The molecule has 4 nitrogen and oxygen atoms in total. The van der Waals surface area contributed by atoms with Crippen molar-refractivity contribution in [2.45, 2.75) is 13.3 Å². The van der Waals surface area contributed by atoms with Crippen LogP contribution in [0.3, 0.4) is 0 Å². The summed E-state index contributed by atoms with van der Waals surface area (Å²) < 4.78 is 15.3. The highest BCUT2D eigenvalue weighted by molar-refractivity contribution is 6.38. The van der Waals surface area contributed by atoms with Gasteiger partial charge in [-0.2, -0.15) is 14.5 Å². The Balaban J connectivity index is 2.34. The molecule has 1 aromatic carbocycles. The van der Waals surface area contributed by atoms with Crippen molar-refractivity contribution in [1.82, 2.24) is 19.6 Å². The smallest absolute Gasteiger partial charge is 0.206 e. The van der Waals surface area contributed by atoms with Gasteiger partial charge >= 0.3 is 0 Å². The van der Waals surface area contributed by atoms with E-state index in [0.717, 1.165) is 0 Å². The molecule has 3 rings (SSSR count). The number of hydrogen-bond donors (Lipinski definition) is 0. The molecule has 0 fully saturated rings. The van der Waals surface area contributed by atoms with E-state index < -0.39 is 5.82 Å². The predicted molar refractivity (Wildman–Crippen MR) is 75.6 cm³/mol. The number of fused-ring (bicyclic) bond motifs is 1. The second-order valence-electron chi connectivity index (χ2n) is 4.14. The van der Waals surface area contributed by atoms with Gasteiger partial charge in [0.25, 0.3) is 5.78 Å². The number of nitrogens with zero attached hydrogens (tertiary/aromatic N) is 4. The zero-order valence-corrected chi connectivity index (χ0v) is 12.0. The molecule has 0 N–H and O–H groups in total. The van der Waals surface area contributed by atoms with E-state index in [4.69, 9.17) is 23.2 Å². The van der Waals surface area contributed by atoms with Crippen molar-refractivity contribution >= 4 is 29.0 Å². The minimum atomic E-state index is -0.423. The molecule has 0 saturated carbocycles. The third-order valence-corrected chi connectivity index (χ3v) is 3.51. The Labute approximate surface area is 124 Å². The van der Waals surface area contributed by atoms with Crippen LogP contribution in [0.5, 0.6) is 0 Å². The normalized spacial score (nSPS) is 11.2. The number of rotatable bonds is 2. The third-order valence-electron chi connectivity index (χ3n) is 2.89. The summed E-state index contributed by atoms with van der Waals surface area (Å²) in [6, 6.07) is 6.23. The molecule has 0 aliphatic carbocycles. The second kappa shape index (κ2) is 5.00. The molecule has 0 aliphatic rings. The Bertz CT molecular complexity index is 800. The molecule has 2 aromatic heterocycles. The Kier molecular flexibility index (Phi) is 3.31. The summed E-state index contributed by atoms with van der Waals surface area (Å²) in [5, 5.41) is 4.51. The Morgan fingerprint density at radius 1 is 1.20 bits per heavy atom. The highest BCUT2D eigenvalue weighted by Crippen LogP contribution is 2.35. The minimum absolute atomic E-state index is 0.0997. The van der Waals surface area contributed by atoms with Gasteiger partial charge in [-0.15, -0.1) is 5.10 Å². The van der Waals surface area contributed by atoms with Crippen molar-refractivity contribution in [1.29, 1.82) is 0 Å². The van der Waals surface area contributed by atoms with E-state index in [2.05, 4.69) is 15.1 Å². The number of aryl methyl sites for hydroxylation is 1. The summed E-state index contributed by atoms with van der Waals surface area (Å²) in [6.45, 7) is 1.92. The molecule has 0 saturated heterocycles. The lowest BCUT2D eigenvalue weighted by atomic mass is 10.1. The summed E-state index contributed by atoms with van der Waals surface area (Å²) in [4.78, 5) is 8.31. The van der Waals surface area contributed by atoms with E-state index in [9.17, 15) is 4.39 Å². The van der Waals surface area contributed by atoms with Crippen LogP contribution in [0.1, 0.15) is 12.7 Å². The average Bonchev–Trinajstić information content (AvgIpc) is 2.84. The summed E-state index contributed by atoms with van der Waals surface area (Å²) in [5.41, 5.74) is 0.594. The maximum atomic E-state index is 13.9.